The fourth-order valence-corrected chi connectivity index (χ4v) is 5.45. The minimum Gasteiger partial charge on any atom is -0.467 e. The van der Waals surface area contributed by atoms with Crippen molar-refractivity contribution in [2.45, 2.75) is 30.6 Å². The van der Waals surface area contributed by atoms with E-state index in [0.717, 1.165) is 65.1 Å². The van der Waals surface area contributed by atoms with E-state index in [0.29, 0.717) is 24.9 Å². The molecule has 1 unspecified atom stereocenters. The summed E-state index contributed by atoms with van der Waals surface area (Å²) in [5.74, 6) is 0.775. The number of amides is 1. The number of benzene rings is 2. The number of hydrogen-bond acceptors (Lipinski definition) is 5. The lowest BCUT2D eigenvalue weighted by Crippen LogP contribution is -2.47. The van der Waals surface area contributed by atoms with Gasteiger partial charge in [-0.15, -0.1) is 0 Å². The van der Waals surface area contributed by atoms with E-state index in [4.69, 9.17) is 4.74 Å². The van der Waals surface area contributed by atoms with Crippen molar-refractivity contribution in [3.8, 4) is 0 Å². The number of likely N-dealkylation sites (tertiary alicyclic amines) is 1. The number of ether oxygens (including phenoxy) is 1. The molecule has 1 aliphatic carbocycles. The second kappa shape index (κ2) is 9.56. The molecule has 2 heterocycles. The van der Waals surface area contributed by atoms with Crippen LogP contribution in [-0.2, 0) is 19.7 Å². The molecule has 6 nitrogen and oxygen atoms in total. The highest BCUT2D eigenvalue weighted by molar-refractivity contribution is 5.91. The van der Waals surface area contributed by atoms with Crippen molar-refractivity contribution in [2.75, 3.05) is 57.3 Å². The Morgan fingerprint density at radius 1 is 0.970 bits per heavy atom. The molecule has 33 heavy (non-hydrogen) atoms. The molecule has 174 valence electrons. The minimum atomic E-state index is -0.304. The van der Waals surface area contributed by atoms with Gasteiger partial charge >= 0.3 is 0 Å². The monoisotopic (exact) mass is 447 g/mol. The Morgan fingerprint density at radius 3 is 2.36 bits per heavy atom. The third kappa shape index (κ3) is 4.62. The van der Waals surface area contributed by atoms with E-state index in [9.17, 15) is 9.59 Å². The molecular formula is C27H33N3O3. The number of piperazine rings is 1. The molecule has 2 aromatic rings. The van der Waals surface area contributed by atoms with Crippen LogP contribution >= 0.6 is 0 Å². The molecule has 0 N–H and O–H groups in total. The van der Waals surface area contributed by atoms with Crippen molar-refractivity contribution in [3.05, 3.63) is 65.7 Å². The van der Waals surface area contributed by atoms with E-state index >= 15 is 0 Å². The predicted molar refractivity (Wildman–Crippen MR) is 128 cm³/mol. The van der Waals surface area contributed by atoms with Crippen LogP contribution in [0.2, 0.25) is 0 Å². The van der Waals surface area contributed by atoms with Gasteiger partial charge in [-0.3, -0.25) is 14.5 Å². The first-order chi connectivity index (χ1) is 16.2. The van der Waals surface area contributed by atoms with Crippen molar-refractivity contribution in [3.63, 3.8) is 0 Å². The van der Waals surface area contributed by atoms with Crippen LogP contribution in [0, 0.1) is 0 Å². The van der Waals surface area contributed by atoms with Crippen molar-refractivity contribution in [1.29, 1.82) is 0 Å². The van der Waals surface area contributed by atoms with Crippen LogP contribution in [0.1, 0.15) is 36.3 Å². The average molecular weight is 448 g/mol. The van der Waals surface area contributed by atoms with E-state index in [1.54, 1.807) is 0 Å². The number of rotatable bonds is 8. The van der Waals surface area contributed by atoms with E-state index in [1.165, 1.54) is 16.8 Å². The first-order valence-electron chi connectivity index (χ1n) is 12.2. The quantitative estimate of drug-likeness (QED) is 0.460. The van der Waals surface area contributed by atoms with Gasteiger partial charge < -0.3 is 14.5 Å². The van der Waals surface area contributed by atoms with Crippen LogP contribution < -0.4 is 4.90 Å². The fourth-order valence-electron chi connectivity index (χ4n) is 5.45. The molecule has 0 aromatic heterocycles. The summed E-state index contributed by atoms with van der Waals surface area (Å²) in [5, 5.41) is 0. The van der Waals surface area contributed by atoms with Crippen LogP contribution in [0.3, 0.4) is 0 Å². The topological polar surface area (TPSA) is 53.1 Å². The fraction of sp³-hybridized carbons (Fsp3) is 0.481. The Kier molecular flexibility index (Phi) is 6.36. The van der Waals surface area contributed by atoms with Gasteiger partial charge in [0.1, 0.15) is 6.61 Å². The summed E-state index contributed by atoms with van der Waals surface area (Å²) < 4.78 is 4.82. The van der Waals surface area contributed by atoms with Crippen molar-refractivity contribution in [2.24, 2.45) is 0 Å². The van der Waals surface area contributed by atoms with Crippen LogP contribution in [-0.4, -0.2) is 74.6 Å². The molecule has 0 radical (unpaired) electrons. The predicted octanol–water partition coefficient (Wildman–Crippen LogP) is 3.03. The zero-order valence-electron chi connectivity index (χ0n) is 19.2. The number of carbonyl (C=O) groups excluding carboxylic acids is 2. The molecule has 3 fully saturated rings. The summed E-state index contributed by atoms with van der Waals surface area (Å²) in [5.41, 5.74) is 3.43. The maximum absolute atomic E-state index is 13.5. The lowest BCUT2D eigenvalue weighted by Gasteiger charge is -2.36. The molecule has 2 aromatic carbocycles. The lowest BCUT2D eigenvalue weighted by molar-refractivity contribution is -0.133. The SMILES string of the molecule is O=COCCN1CCN(c2ccc(C3(C(=O)N4CCC(c5ccccc5)C4)CC3)cc2)CC1. The van der Waals surface area contributed by atoms with Crippen LogP contribution in [0.25, 0.3) is 0 Å². The second-order valence-electron chi connectivity index (χ2n) is 9.57. The first-order valence-corrected chi connectivity index (χ1v) is 12.2. The molecule has 2 aliphatic heterocycles. The third-order valence-electron chi connectivity index (χ3n) is 7.66. The Balaban J connectivity index is 1.18. The molecule has 2 saturated heterocycles. The molecule has 1 saturated carbocycles. The van der Waals surface area contributed by atoms with Crippen molar-refractivity contribution < 1.29 is 14.3 Å². The zero-order chi connectivity index (χ0) is 22.7. The molecule has 6 heteroatoms. The summed E-state index contributed by atoms with van der Waals surface area (Å²) in [6.07, 6.45) is 2.97. The van der Waals surface area contributed by atoms with Crippen molar-refractivity contribution in [1.82, 2.24) is 9.80 Å². The maximum atomic E-state index is 13.5. The molecule has 0 spiro atoms. The van der Waals surface area contributed by atoms with E-state index in [-0.39, 0.29) is 5.41 Å². The molecule has 0 bridgehead atoms. The molecule has 1 atom stereocenters. The summed E-state index contributed by atoms with van der Waals surface area (Å²) in [6.45, 7) is 7.30. The smallest absolute Gasteiger partial charge is 0.293 e. The van der Waals surface area contributed by atoms with Crippen molar-refractivity contribution >= 4 is 18.1 Å². The molecule has 3 aliphatic rings. The van der Waals surface area contributed by atoms with Crippen LogP contribution in [0.5, 0.6) is 0 Å². The highest BCUT2D eigenvalue weighted by atomic mass is 16.5. The highest BCUT2D eigenvalue weighted by Crippen LogP contribution is 2.50. The Morgan fingerprint density at radius 2 is 1.70 bits per heavy atom. The number of anilines is 1. The summed E-state index contributed by atoms with van der Waals surface area (Å²) in [7, 11) is 0. The average Bonchev–Trinajstić information content (AvgIpc) is 3.54. The van der Waals surface area contributed by atoms with Crippen LogP contribution in [0.4, 0.5) is 5.69 Å². The molecule has 5 rings (SSSR count). The number of carbonyl (C=O) groups is 2. The number of hydrogen-bond donors (Lipinski definition) is 0. The third-order valence-corrected chi connectivity index (χ3v) is 7.66. The lowest BCUT2D eigenvalue weighted by atomic mass is 9.93. The Labute approximate surface area is 196 Å². The first kappa shape index (κ1) is 22.0. The van der Waals surface area contributed by atoms with Gasteiger partial charge in [0.05, 0.1) is 5.41 Å². The standard InChI is InChI=1S/C27H33N3O3/c31-21-33-19-18-28-14-16-29(17-15-28)25-8-6-24(7-9-25)27(11-12-27)26(32)30-13-10-23(20-30)22-4-2-1-3-5-22/h1-9,21,23H,10-20H2. The Hall–Kier alpha value is -2.86. The van der Waals surface area contributed by atoms with Gasteiger partial charge in [-0.2, -0.15) is 0 Å². The van der Waals surface area contributed by atoms with Crippen LogP contribution in [0.15, 0.2) is 54.6 Å². The molecular weight excluding hydrogens is 414 g/mol. The maximum Gasteiger partial charge on any atom is 0.293 e. The highest BCUT2D eigenvalue weighted by Gasteiger charge is 2.53. The van der Waals surface area contributed by atoms with Gasteiger partial charge in [-0.25, -0.2) is 0 Å². The van der Waals surface area contributed by atoms with E-state index in [1.807, 2.05) is 0 Å². The van der Waals surface area contributed by atoms with Gasteiger partial charge in [0.25, 0.3) is 6.47 Å². The summed E-state index contributed by atoms with van der Waals surface area (Å²) in [6, 6.07) is 19.3. The van der Waals surface area contributed by atoms with E-state index in [2.05, 4.69) is 69.3 Å². The normalized spacial score (nSPS) is 22.2. The number of nitrogens with zero attached hydrogens (tertiary/aromatic N) is 3. The van der Waals surface area contributed by atoms with Gasteiger partial charge in [0.2, 0.25) is 5.91 Å². The van der Waals surface area contributed by atoms with E-state index < -0.39 is 0 Å². The van der Waals surface area contributed by atoms with Gasteiger partial charge in [0, 0.05) is 57.4 Å². The Bertz CT molecular complexity index is 950. The largest absolute Gasteiger partial charge is 0.467 e. The summed E-state index contributed by atoms with van der Waals surface area (Å²) >= 11 is 0. The zero-order valence-corrected chi connectivity index (χ0v) is 19.2. The van der Waals surface area contributed by atoms with Gasteiger partial charge in [0.15, 0.2) is 0 Å². The molecule has 1 amide bonds. The second-order valence-corrected chi connectivity index (χ2v) is 9.57. The van der Waals surface area contributed by atoms with Gasteiger partial charge in [-0.1, -0.05) is 42.5 Å². The minimum absolute atomic E-state index is 0.304. The summed E-state index contributed by atoms with van der Waals surface area (Å²) in [4.78, 5) is 30.6. The van der Waals surface area contributed by atoms with Gasteiger partial charge in [-0.05, 0) is 42.5 Å².